The van der Waals surface area contributed by atoms with E-state index in [1.807, 2.05) is 36.4 Å². The van der Waals surface area contributed by atoms with Gasteiger partial charge in [-0.15, -0.1) is 12.4 Å². The number of nitro groups is 1. The zero-order chi connectivity index (χ0) is 28.1. The van der Waals surface area contributed by atoms with Gasteiger partial charge in [-0.1, -0.05) is 72.8 Å². The van der Waals surface area contributed by atoms with Crippen LogP contribution in [-0.4, -0.2) is 13.7 Å². The van der Waals surface area contributed by atoms with Gasteiger partial charge in [-0.2, -0.15) is 0 Å². The number of aromatic nitrogens is 2. The van der Waals surface area contributed by atoms with Crippen molar-refractivity contribution >= 4 is 100.0 Å². The van der Waals surface area contributed by atoms with Crippen molar-refractivity contribution in [2.24, 2.45) is 0 Å². The number of para-hydroxylation sites is 4. The number of hydrogen-bond donors (Lipinski definition) is 2. The quantitative estimate of drug-likeness (QED) is 0.0796. The van der Waals surface area contributed by atoms with Crippen molar-refractivity contribution in [3.63, 3.8) is 0 Å². The maximum Gasteiger partial charge on any atom is 0.270 e. The van der Waals surface area contributed by atoms with Crippen LogP contribution in [0.3, 0.4) is 0 Å². The molecular formula is C36H26ClFeN5O2. The van der Waals surface area contributed by atoms with Crippen LogP contribution in [0.15, 0.2) is 121 Å². The smallest absolute Gasteiger partial charge is 0.270 e. The first-order chi connectivity index (χ1) is 20.6. The van der Waals surface area contributed by atoms with Crippen LogP contribution in [0.25, 0.3) is 76.2 Å². The van der Waals surface area contributed by atoms with Crippen molar-refractivity contribution < 1.29 is 22.0 Å². The monoisotopic (exact) mass is 651 g/mol. The largest absolute Gasteiger partial charge is 0.399 e. The molecule has 0 fully saturated rings. The number of anilines is 1. The number of rotatable bonds is 1. The van der Waals surface area contributed by atoms with E-state index in [1.165, 1.54) is 48.9 Å². The fourth-order valence-electron chi connectivity index (χ4n) is 6.98. The summed E-state index contributed by atoms with van der Waals surface area (Å²) in [6.07, 6.45) is 0. The molecule has 0 spiro atoms. The molecule has 5 N–H and O–H groups in total. The molecule has 0 unspecified atom stereocenters. The van der Waals surface area contributed by atoms with Crippen molar-refractivity contribution in [2.45, 2.75) is 0 Å². The fourth-order valence-corrected chi connectivity index (χ4v) is 6.98. The third kappa shape index (κ3) is 4.01. The number of halogens is 1. The van der Waals surface area contributed by atoms with Crippen molar-refractivity contribution in [3.8, 4) is 0 Å². The van der Waals surface area contributed by atoms with Gasteiger partial charge in [-0.25, -0.2) is 0 Å². The number of benzene rings is 6. The van der Waals surface area contributed by atoms with Gasteiger partial charge < -0.3 is 20.7 Å². The minimum atomic E-state index is -0.341. The first-order valence-corrected chi connectivity index (χ1v) is 13.8. The van der Waals surface area contributed by atoms with E-state index in [0.29, 0.717) is 0 Å². The van der Waals surface area contributed by atoms with Gasteiger partial charge in [-0.05, 0) is 36.4 Å². The molecule has 7 nitrogen and oxygen atoms in total. The van der Waals surface area contributed by atoms with Crippen LogP contribution in [0.2, 0.25) is 0 Å². The molecule has 0 amide bonds. The van der Waals surface area contributed by atoms with Gasteiger partial charge in [0, 0.05) is 78.0 Å². The SMILES string of the molecule is Cl.N.Nc1ccc2c(c1)c1cccc3c4ccccc4n2c31.O=[N+]([O-])c1ccc2c(c1)c1cccc3c4ccccc4n2c31.[Fe]. The van der Waals surface area contributed by atoms with E-state index >= 15 is 0 Å². The number of nitrogen functional groups attached to an aromatic ring is 1. The third-order valence-corrected chi connectivity index (χ3v) is 8.66. The summed E-state index contributed by atoms with van der Waals surface area (Å²) in [6.45, 7) is 0. The van der Waals surface area contributed by atoms with Gasteiger partial charge in [0.2, 0.25) is 0 Å². The van der Waals surface area contributed by atoms with E-state index in [0.717, 1.165) is 33.0 Å². The molecule has 0 bridgehead atoms. The van der Waals surface area contributed by atoms with Gasteiger partial charge in [0.25, 0.3) is 5.69 Å². The van der Waals surface area contributed by atoms with Crippen LogP contribution >= 0.6 is 12.4 Å². The Labute approximate surface area is 273 Å². The second-order valence-corrected chi connectivity index (χ2v) is 10.8. The van der Waals surface area contributed by atoms with Crippen molar-refractivity contribution in [3.05, 3.63) is 131 Å². The Morgan fingerprint density at radius 3 is 1.42 bits per heavy atom. The van der Waals surface area contributed by atoms with Gasteiger partial charge in [0.1, 0.15) is 0 Å². The number of nitrogens with zero attached hydrogens (tertiary/aromatic N) is 3. The normalized spacial score (nSPS) is 11.3. The molecule has 6 aromatic carbocycles. The van der Waals surface area contributed by atoms with Crippen LogP contribution in [0.1, 0.15) is 0 Å². The van der Waals surface area contributed by atoms with E-state index in [-0.39, 0.29) is 46.2 Å². The molecule has 0 saturated carbocycles. The number of nitro benzene ring substituents is 1. The second-order valence-electron chi connectivity index (χ2n) is 10.8. The summed E-state index contributed by atoms with van der Waals surface area (Å²) in [5.41, 5.74) is 14.0. The predicted octanol–water partition coefficient (Wildman–Crippen LogP) is 9.75. The molecule has 0 radical (unpaired) electrons. The number of fused-ring (bicyclic) bond motifs is 12. The van der Waals surface area contributed by atoms with Crippen LogP contribution in [0.4, 0.5) is 11.4 Å². The molecule has 222 valence electrons. The minimum Gasteiger partial charge on any atom is -0.399 e. The average molecular weight is 652 g/mol. The van der Waals surface area contributed by atoms with Crippen molar-refractivity contribution in [1.29, 1.82) is 0 Å². The topological polar surface area (TPSA) is 113 Å². The third-order valence-electron chi connectivity index (χ3n) is 8.66. The van der Waals surface area contributed by atoms with Crippen LogP contribution in [-0.2, 0) is 17.1 Å². The van der Waals surface area contributed by atoms with Gasteiger partial charge in [0.15, 0.2) is 0 Å². The standard InChI is InChI=1S/C18H10N2O2.C18H12N2.ClH.Fe.H3N/c21-20(22)11-8-9-17-15(10-11)14-6-3-5-13-12-4-1-2-7-16(12)19(17)18(13)14;19-11-8-9-17-15(10-11)14-6-3-5-13-12-4-1-2-7-16(12)20(17)18(13)14;;;/h1-10H;1-10H,19H2;1H;;1H3. The van der Waals surface area contributed by atoms with Gasteiger partial charge >= 0.3 is 0 Å². The molecule has 0 aliphatic carbocycles. The summed E-state index contributed by atoms with van der Waals surface area (Å²) in [5, 5.41) is 20.6. The number of nitrogens with two attached hydrogens (primary N) is 1. The Bertz CT molecular complexity index is 2700. The maximum absolute atomic E-state index is 11.1. The second kappa shape index (κ2) is 10.8. The molecule has 0 aliphatic heterocycles. The molecule has 0 atom stereocenters. The van der Waals surface area contributed by atoms with E-state index in [4.69, 9.17) is 5.73 Å². The summed E-state index contributed by atoms with van der Waals surface area (Å²) in [6, 6.07) is 40.8. The molecule has 4 aromatic heterocycles. The molecule has 0 saturated heterocycles. The summed E-state index contributed by atoms with van der Waals surface area (Å²) in [7, 11) is 0. The van der Waals surface area contributed by atoms with Crippen LogP contribution in [0.5, 0.6) is 0 Å². The Morgan fingerprint density at radius 1 is 0.511 bits per heavy atom. The Morgan fingerprint density at radius 2 is 0.911 bits per heavy atom. The summed E-state index contributed by atoms with van der Waals surface area (Å²) in [4.78, 5) is 10.7. The average Bonchev–Trinajstić information content (AvgIpc) is 3.74. The zero-order valence-electron chi connectivity index (χ0n) is 23.8. The summed E-state index contributed by atoms with van der Waals surface area (Å²) in [5.74, 6) is 0. The summed E-state index contributed by atoms with van der Waals surface area (Å²) >= 11 is 0. The number of non-ortho nitro benzene ring substituents is 1. The fraction of sp³-hybridized carbons (Fsp3) is 0. The van der Waals surface area contributed by atoms with E-state index in [9.17, 15) is 10.1 Å². The first-order valence-electron chi connectivity index (χ1n) is 13.8. The molecular weight excluding hydrogens is 626 g/mol. The van der Waals surface area contributed by atoms with E-state index in [2.05, 4.69) is 81.6 Å². The van der Waals surface area contributed by atoms with Gasteiger partial charge in [-0.3, -0.25) is 10.1 Å². The molecule has 10 rings (SSSR count). The molecule has 4 heterocycles. The van der Waals surface area contributed by atoms with E-state index in [1.54, 1.807) is 12.1 Å². The Balaban J connectivity index is 0.000000149. The van der Waals surface area contributed by atoms with Gasteiger partial charge in [0.05, 0.1) is 38.0 Å². The van der Waals surface area contributed by atoms with Crippen molar-refractivity contribution in [1.82, 2.24) is 15.0 Å². The minimum absolute atomic E-state index is 0. The first kappa shape index (κ1) is 29.9. The Hall–Kier alpha value is -5.11. The van der Waals surface area contributed by atoms with Crippen LogP contribution in [0, 0.1) is 10.1 Å². The Kier molecular flexibility index (Phi) is 7.19. The molecule has 10 aromatic rings. The van der Waals surface area contributed by atoms with E-state index < -0.39 is 0 Å². The molecule has 45 heavy (non-hydrogen) atoms. The maximum atomic E-state index is 11.1. The number of hydrogen-bond acceptors (Lipinski definition) is 4. The zero-order valence-corrected chi connectivity index (χ0v) is 25.7. The molecule has 0 aliphatic rings. The van der Waals surface area contributed by atoms with Crippen molar-refractivity contribution in [2.75, 3.05) is 5.73 Å². The predicted molar refractivity (Wildman–Crippen MR) is 186 cm³/mol. The molecule has 9 heteroatoms. The van der Waals surface area contributed by atoms with Crippen LogP contribution < -0.4 is 11.9 Å². The summed E-state index contributed by atoms with van der Waals surface area (Å²) < 4.78 is 4.56.